The second-order valence-corrected chi connectivity index (χ2v) is 6.38. The fraction of sp³-hybridized carbons (Fsp3) is 0.111. The van der Waals surface area contributed by atoms with E-state index in [-0.39, 0.29) is 5.69 Å². The second kappa shape index (κ2) is 7.23. The lowest BCUT2D eigenvalue weighted by Gasteiger charge is -2.02. The van der Waals surface area contributed by atoms with Crippen LogP contribution in [0.5, 0.6) is 0 Å². The van der Waals surface area contributed by atoms with E-state index in [4.69, 9.17) is 0 Å². The van der Waals surface area contributed by atoms with Crippen LogP contribution >= 0.6 is 11.3 Å². The fourth-order valence-electron chi connectivity index (χ4n) is 2.28. The molecule has 6 nitrogen and oxygen atoms in total. The number of nitrogens with zero attached hydrogens (tertiary/aromatic N) is 3. The quantitative estimate of drug-likeness (QED) is 0.407. The number of rotatable bonds is 5. The number of nitro groups is 1. The Labute approximate surface area is 149 Å². The summed E-state index contributed by atoms with van der Waals surface area (Å²) in [5.41, 5.74) is 7.66. The molecule has 0 aliphatic rings. The third-order valence-electron chi connectivity index (χ3n) is 3.80. The highest BCUT2D eigenvalue weighted by Gasteiger charge is 2.10. The Balaban J connectivity index is 1.74. The van der Waals surface area contributed by atoms with E-state index in [2.05, 4.69) is 41.5 Å². The number of hydrogen-bond acceptors (Lipinski definition) is 6. The first-order chi connectivity index (χ1) is 12.0. The zero-order valence-electron chi connectivity index (χ0n) is 13.8. The molecule has 0 aliphatic carbocycles. The summed E-state index contributed by atoms with van der Waals surface area (Å²) >= 11 is 1.43. The average molecular weight is 352 g/mol. The molecule has 0 spiro atoms. The molecule has 0 unspecified atom stereocenters. The molecule has 1 N–H and O–H groups in total. The first-order valence-corrected chi connectivity index (χ1v) is 8.48. The van der Waals surface area contributed by atoms with Crippen molar-refractivity contribution in [2.24, 2.45) is 5.10 Å². The molecule has 3 rings (SSSR count). The molecule has 0 saturated heterocycles. The van der Waals surface area contributed by atoms with Crippen molar-refractivity contribution in [3.05, 3.63) is 74.6 Å². The first kappa shape index (κ1) is 16.8. The minimum atomic E-state index is -0.428. The van der Waals surface area contributed by atoms with Crippen LogP contribution < -0.4 is 5.43 Å². The van der Waals surface area contributed by atoms with Gasteiger partial charge in [0.05, 0.1) is 22.4 Å². The fourth-order valence-corrected chi connectivity index (χ4v) is 2.95. The number of hydrogen-bond donors (Lipinski definition) is 1. The molecule has 126 valence electrons. The SMILES string of the molecule is Cc1ccc(-c2csc(N/N=C\c3ccccc3[N+](=O)[O-])n2)cc1C. The Bertz CT molecular complexity index is 950. The summed E-state index contributed by atoms with van der Waals surface area (Å²) in [7, 11) is 0. The summed E-state index contributed by atoms with van der Waals surface area (Å²) in [4.78, 5) is 15.1. The van der Waals surface area contributed by atoms with E-state index >= 15 is 0 Å². The Kier molecular flexibility index (Phi) is 4.85. The normalized spacial score (nSPS) is 11.0. The van der Waals surface area contributed by atoms with Gasteiger partial charge in [0.25, 0.3) is 5.69 Å². The number of aromatic nitrogens is 1. The van der Waals surface area contributed by atoms with Gasteiger partial charge < -0.3 is 0 Å². The molecule has 0 radical (unpaired) electrons. The van der Waals surface area contributed by atoms with Crippen LogP contribution in [-0.2, 0) is 0 Å². The van der Waals surface area contributed by atoms with E-state index in [9.17, 15) is 10.1 Å². The Morgan fingerprint density at radius 3 is 2.76 bits per heavy atom. The van der Waals surface area contributed by atoms with Gasteiger partial charge in [-0.05, 0) is 37.1 Å². The molecule has 0 aliphatic heterocycles. The molecule has 0 amide bonds. The van der Waals surface area contributed by atoms with Crippen molar-refractivity contribution >= 4 is 28.4 Å². The average Bonchev–Trinajstić information content (AvgIpc) is 3.06. The van der Waals surface area contributed by atoms with E-state index in [0.717, 1.165) is 11.3 Å². The van der Waals surface area contributed by atoms with Crippen LogP contribution in [0.3, 0.4) is 0 Å². The van der Waals surface area contributed by atoms with Crippen molar-refractivity contribution in [2.45, 2.75) is 13.8 Å². The van der Waals surface area contributed by atoms with E-state index < -0.39 is 4.92 Å². The van der Waals surface area contributed by atoms with Crippen molar-refractivity contribution in [1.82, 2.24) is 4.98 Å². The minimum absolute atomic E-state index is 0.0167. The van der Waals surface area contributed by atoms with Crippen molar-refractivity contribution in [3.8, 4) is 11.3 Å². The van der Waals surface area contributed by atoms with E-state index in [1.165, 1.54) is 34.7 Å². The predicted octanol–water partition coefficient (Wildman–Crippen LogP) is 4.78. The van der Waals surface area contributed by atoms with Gasteiger partial charge in [0.15, 0.2) is 0 Å². The molecule has 2 aromatic carbocycles. The number of nitrogens with one attached hydrogen (secondary N) is 1. The summed E-state index contributed by atoms with van der Waals surface area (Å²) in [5.74, 6) is 0. The maximum atomic E-state index is 11.0. The van der Waals surface area contributed by atoms with Gasteiger partial charge in [-0.2, -0.15) is 5.10 Å². The van der Waals surface area contributed by atoms with Gasteiger partial charge in [0, 0.05) is 17.0 Å². The largest absolute Gasteiger partial charge is 0.278 e. The predicted molar refractivity (Wildman–Crippen MR) is 101 cm³/mol. The third kappa shape index (κ3) is 3.89. The lowest BCUT2D eigenvalue weighted by Crippen LogP contribution is -1.96. The lowest BCUT2D eigenvalue weighted by molar-refractivity contribution is -0.385. The lowest BCUT2D eigenvalue weighted by atomic mass is 10.1. The van der Waals surface area contributed by atoms with Gasteiger partial charge in [0.1, 0.15) is 0 Å². The van der Waals surface area contributed by atoms with Crippen LogP contribution in [0.1, 0.15) is 16.7 Å². The van der Waals surface area contributed by atoms with E-state index in [0.29, 0.717) is 10.7 Å². The maximum absolute atomic E-state index is 11.0. The number of benzene rings is 2. The number of hydrazone groups is 1. The Hall–Kier alpha value is -3.06. The highest BCUT2D eigenvalue weighted by atomic mass is 32.1. The molecule has 25 heavy (non-hydrogen) atoms. The molecule has 0 saturated carbocycles. The summed E-state index contributed by atoms with van der Waals surface area (Å²) < 4.78 is 0. The number of aryl methyl sites for hydroxylation is 2. The van der Waals surface area contributed by atoms with Crippen LogP contribution in [-0.4, -0.2) is 16.1 Å². The second-order valence-electron chi connectivity index (χ2n) is 5.52. The highest BCUT2D eigenvalue weighted by Crippen LogP contribution is 2.26. The first-order valence-electron chi connectivity index (χ1n) is 7.60. The van der Waals surface area contributed by atoms with Gasteiger partial charge in [-0.15, -0.1) is 11.3 Å². The molecule has 0 fully saturated rings. The molecule has 3 aromatic rings. The van der Waals surface area contributed by atoms with Crippen LogP contribution in [0, 0.1) is 24.0 Å². The van der Waals surface area contributed by atoms with Crippen LogP contribution in [0.4, 0.5) is 10.8 Å². The zero-order chi connectivity index (χ0) is 17.8. The van der Waals surface area contributed by atoms with Crippen molar-refractivity contribution in [1.29, 1.82) is 0 Å². The molecule has 0 bridgehead atoms. The van der Waals surface area contributed by atoms with Crippen LogP contribution in [0.15, 0.2) is 52.9 Å². The molecule has 1 heterocycles. The summed E-state index contributed by atoms with van der Waals surface area (Å²) in [6.45, 7) is 4.14. The summed E-state index contributed by atoms with van der Waals surface area (Å²) in [6, 6.07) is 12.7. The van der Waals surface area contributed by atoms with Gasteiger partial charge in [0.2, 0.25) is 5.13 Å². The van der Waals surface area contributed by atoms with E-state index in [1.807, 2.05) is 11.4 Å². The zero-order valence-corrected chi connectivity index (χ0v) is 14.6. The van der Waals surface area contributed by atoms with Gasteiger partial charge >= 0.3 is 0 Å². The number of anilines is 1. The standard InChI is InChI=1S/C18H16N4O2S/c1-12-7-8-14(9-13(12)2)16-11-25-18(20-16)21-19-10-15-5-3-4-6-17(15)22(23)24/h3-11H,1-2H3,(H,20,21)/b19-10-. The number of thiazole rings is 1. The monoisotopic (exact) mass is 352 g/mol. The highest BCUT2D eigenvalue weighted by molar-refractivity contribution is 7.14. The maximum Gasteiger partial charge on any atom is 0.278 e. The van der Waals surface area contributed by atoms with Crippen molar-refractivity contribution in [3.63, 3.8) is 0 Å². The molecular weight excluding hydrogens is 336 g/mol. The summed E-state index contributed by atoms with van der Waals surface area (Å²) in [5, 5.41) is 17.6. The van der Waals surface area contributed by atoms with Crippen molar-refractivity contribution in [2.75, 3.05) is 5.43 Å². The third-order valence-corrected chi connectivity index (χ3v) is 4.55. The van der Waals surface area contributed by atoms with Gasteiger partial charge in [-0.25, -0.2) is 4.98 Å². The smallest absolute Gasteiger partial charge is 0.258 e. The van der Waals surface area contributed by atoms with Gasteiger partial charge in [-0.3, -0.25) is 15.5 Å². The van der Waals surface area contributed by atoms with E-state index in [1.54, 1.807) is 18.2 Å². The summed E-state index contributed by atoms with van der Waals surface area (Å²) in [6.07, 6.45) is 1.43. The Morgan fingerprint density at radius 2 is 2.00 bits per heavy atom. The minimum Gasteiger partial charge on any atom is -0.258 e. The van der Waals surface area contributed by atoms with Gasteiger partial charge in [-0.1, -0.05) is 24.3 Å². The molecule has 0 atom stereocenters. The molecule has 7 heteroatoms. The number of nitro benzene ring substituents is 1. The van der Waals surface area contributed by atoms with Crippen LogP contribution in [0.2, 0.25) is 0 Å². The molecular formula is C18H16N4O2S. The van der Waals surface area contributed by atoms with Crippen LogP contribution in [0.25, 0.3) is 11.3 Å². The van der Waals surface area contributed by atoms with Crippen molar-refractivity contribution < 1.29 is 4.92 Å². The Morgan fingerprint density at radius 1 is 1.20 bits per heavy atom. The topological polar surface area (TPSA) is 80.4 Å². The molecule has 1 aromatic heterocycles. The number of para-hydroxylation sites is 1.